The second kappa shape index (κ2) is 5.43. The Kier molecular flexibility index (Phi) is 3.50. The summed E-state index contributed by atoms with van der Waals surface area (Å²) in [5, 5.41) is 0. The van der Waals surface area contributed by atoms with E-state index in [0.29, 0.717) is 0 Å². The van der Waals surface area contributed by atoms with Gasteiger partial charge >= 0.3 is 24.1 Å². The van der Waals surface area contributed by atoms with Gasteiger partial charge in [0.15, 0.2) is 0 Å². The molecule has 2 rings (SSSR count). The number of ether oxygens (including phenoxy) is 2. The third-order valence-corrected chi connectivity index (χ3v) is 1.55. The number of nitrogens with zero attached hydrogens (tertiary/aromatic N) is 2. The number of rotatable bonds is 4. The molecule has 0 aliphatic heterocycles. The average molecular weight is 250 g/mol. The van der Waals surface area contributed by atoms with Gasteiger partial charge in [-0.2, -0.15) is 9.97 Å². The molecule has 0 atom stereocenters. The van der Waals surface area contributed by atoms with Crippen molar-refractivity contribution in [3.63, 3.8) is 0 Å². The molecule has 2 heterocycles. The van der Waals surface area contributed by atoms with Gasteiger partial charge in [-0.05, 0) is 0 Å². The normalized spacial score (nSPS) is 10.4. The monoisotopic (exact) mass is 250 g/mol. The van der Waals surface area contributed by atoms with Crippen LogP contribution in [0.3, 0.4) is 0 Å². The fraction of sp³-hybridized carbons (Fsp3) is 0. The van der Waals surface area contributed by atoms with Gasteiger partial charge in [-0.1, -0.05) is 0 Å². The van der Waals surface area contributed by atoms with Crippen molar-refractivity contribution in [2.24, 2.45) is 0 Å². The van der Waals surface area contributed by atoms with E-state index < -0.39 is 11.9 Å². The summed E-state index contributed by atoms with van der Waals surface area (Å²) in [7, 11) is 0. The van der Waals surface area contributed by atoms with E-state index in [4.69, 9.17) is 0 Å². The molecule has 0 spiro atoms. The Hall–Kier alpha value is -2.90. The molecule has 0 bridgehead atoms. The van der Waals surface area contributed by atoms with Crippen LogP contribution >= 0.6 is 0 Å². The number of carbonyl (C=O) groups is 2. The van der Waals surface area contributed by atoms with Crippen LogP contribution in [-0.4, -0.2) is 21.9 Å². The molecule has 0 saturated carbocycles. The van der Waals surface area contributed by atoms with Crippen molar-refractivity contribution in [2.75, 3.05) is 0 Å². The first-order valence-corrected chi connectivity index (χ1v) is 4.65. The van der Waals surface area contributed by atoms with E-state index in [1.54, 1.807) is 0 Å². The van der Waals surface area contributed by atoms with Crippen molar-refractivity contribution >= 4 is 11.9 Å². The summed E-state index contributed by atoms with van der Waals surface area (Å²) in [4.78, 5) is 29.4. The van der Waals surface area contributed by atoms with Crippen LogP contribution in [0.15, 0.2) is 45.9 Å². The molecule has 0 unspecified atom stereocenters. The third-order valence-electron chi connectivity index (χ3n) is 1.55. The van der Waals surface area contributed by atoms with Crippen LogP contribution in [0.25, 0.3) is 0 Å². The largest absolute Gasteiger partial charge is 0.417 e. The summed E-state index contributed by atoms with van der Waals surface area (Å²) in [6, 6.07) is 0. The van der Waals surface area contributed by atoms with Crippen molar-refractivity contribution < 1.29 is 27.9 Å². The van der Waals surface area contributed by atoms with Gasteiger partial charge in [0.05, 0.1) is 12.4 Å². The average Bonchev–Trinajstić information content (AvgIpc) is 2.99. The van der Waals surface area contributed by atoms with Crippen LogP contribution in [0, 0.1) is 0 Å². The van der Waals surface area contributed by atoms with Crippen molar-refractivity contribution in [3.8, 4) is 12.2 Å². The minimum atomic E-state index is -0.832. The molecule has 0 radical (unpaired) electrons. The van der Waals surface area contributed by atoms with E-state index in [0.717, 1.165) is 12.2 Å². The molecular weight excluding hydrogens is 244 g/mol. The minimum absolute atomic E-state index is 0.217. The summed E-state index contributed by atoms with van der Waals surface area (Å²) in [5.74, 6) is -1.66. The summed E-state index contributed by atoms with van der Waals surface area (Å²) < 4.78 is 18.5. The van der Waals surface area contributed by atoms with Gasteiger partial charge in [0.1, 0.15) is 12.5 Å². The summed E-state index contributed by atoms with van der Waals surface area (Å²) >= 11 is 0. The molecule has 92 valence electrons. The molecule has 0 N–H and O–H groups in total. The number of hydrogen-bond donors (Lipinski definition) is 0. The zero-order valence-corrected chi connectivity index (χ0v) is 8.81. The van der Waals surface area contributed by atoms with Crippen LogP contribution in [0.1, 0.15) is 0 Å². The van der Waals surface area contributed by atoms with E-state index in [2.05, 4.69) is 28.3 Å². The molecule has 8 heteroatoms. The molecular formula is C10H6N2O6. The lowest BCUT2D eigenvalue weighted by Crippen LogP contribution is -2.08. The van der Waals surface area contributed by atoms with E-state index in [1.165, 1.54) is 24.9 Å². The topological polar surface area (TPSA) is 105 Å². The summed E-state index contributed by atoms with van der Waals surface area (Å²) in [5.41, 5.74) is 0. The summed E-state index contributed by atoms with van der Waals surface area (Å²) in [6.07, 6.45) is 6.38. The second-order valence-corrected chi connectivity index (χ2v) is 2.77. The second-order valence-electron chi connectivity index (χ2n) is 2.77. The van der Waals surface area contributed by atoms with Gasteiger partial charge in [0.25, 0.3) is 0 Å². The van der Waals surface area contributed by atoms with Gasteiger partial charge in [-0.25, -0.2) is 9.59 Å². The summed E-state index contributed by atoms with van der Waals surface area (Å²) in [6.45, 7) is 0. The lowest BCUT2D eigenvalue weighted by molar-refractivity contribution is -0.133. The van der Waals surface area contributed by atoms with Crippen molar-refractivity contribution in [2.45, 2.75) is 0 Å². The molecule has 2 aromatic rings. The zero-order chi connectivity index (χ0) is 12.8. The van der Waals surface area contributed by atoms with Crippen LogP contribution < -0.4 is 9.47 Å². The highest BCUT2D eigenvalue weighted by molar-refractivity contribution is 5.92. The predicted molar refractivity (Wildman–Crippen MR) is 53.4 cm³/mol. The Bertz CT molecular complexity index is 493. The number of esters is 2. The number of oxazole rings is 2. The smallest absolute Gasteiger partial charge is 0.401 e. The predicted octanol–water partition coefficient (Wildman–Crippen LogP) is 0.730. The zero-order valence-electron chi connectivity index (χ0n) is 8.81. The quantitative estimate of drug-likeness (QED) is 0.577. The van der Waals surface area contributed by atoms with Gasteiger partial charge < -0.3 is 18.3 Å². The Labute approximate surface area is 99.8 Å². The lowest BCUT2D eigenvalue weighted by atomic mass is 10.5. The molecule has 2 aromatic heterocycles. The molecule has 18 heavy (non-hydrogen) atoms. The molecule has 0 aliphatic rings. The molecule has 8 nitrogen and oxygen atoms in total. The molecule has 0 aromatic carbocycles. The van der Waals surface area contributed by atoms with Crippen molar-refractivity contribution in [1.82, 2.24) is 9.97 Å². The number of hydrogen-bond acceptors (Lipinski definition) is 8. The first-order valence-electron chi connectivity index (χ1n) is 4.65. The van der Waals surface area contributed by atoms with Crippen LogP contribution in [0.4, 0.5) is 0 Å². The SMILES string of the molecule is O=C(/C=C/C(=O)Oc1ncco1)Oc1ncco1. The number of carbonyl (C=O) groups excluding carboxylic acids is 2. The van der Waals surface area contributed by atoms with Gasteiger partial charge in [0, 0.05) is 12.2 Å². The van der Waals surface area contributed by atoms with Crippen LogP contribution in [-0.2, 0) is 9.59 Å². The Balaban J connectivity index is 1.83. The molecule has 0 fully saturated rings. The maximum Gasteiger partial charge on any atom is 0.401 e. The van der Waals surface area contributed by atoms with E-state index in [9.17, 15) is 9.59 Å². The first kappa shape index (κ1) is 11.6. The molecule has 0 aliphatic carbocycles. The maximum atomic E-state index is 11.2. The maximum absolute atomic E-state index is 11.2. The van der Waals surface area contributed by atoms with Gasteiger partial charge in [-0.15, -0.1) is 0 Å². The van der Waals surface area contributed by atoms with E-state index in [-0.39, 0.29) is 12.2 Å². The minimum Gasteiger partial charge on any atom is -0.417 e. The third kappa shape index (κ3) is 3.30. The van der Waals surface area contributed by atoms with Crippen molar-refractivity contribution in [3.05, 3.63) is 37.1 Å². The van der Waals surface area contributed by atoms with Gasteiger partial charge in [-0.3, -0.25) is 0 Å². The molecule has 0 amide bonds. The standard InChI is InChI=1S/C10H6N2O6/c13-7(17-9-11-3-5-15-9)1-2-8(14)18-10-12-4-6-16-10/h1-6H/b2-1+. The fourth-order valence-corrected chi connectivity index (χ4v) is 0.898. The van der Waals surface area contributed by atoms with Crippen LogP contribution in [0.5, 0.6) is 12.2 Å². The lowest BCUT2D eigenvalue weighted by Gasteiger charge is -1.94. The van der Waals surface area contributed by atoms with E-state index in [1.807, 2.05) is 0 Å². The highest BCUT2D eigenvalue weighted by Gasteiger charge is 2.07. The first-order chi connectivity index (χ1) is 8.74. The highest BCUT2D eigenvalue weighted by Crippen LogP contribution is 2.06. The van der Waals surface area contributed by atoms with Crippen molar-refractivity contribution in [1.29, 1.82) is 0 Å². The van der Waals surface area contributed by atoms with Gasteiger partial charge in [0.2, 0.25) is 0 Å². The molecule has 0 saturated heterocycles. The number of aromatic nitrogens is 2. The Morgan fingerprint density at radius 2 is 1.39 bits per heavy atom. The van der Waals surface area contributed by atoms with E-state index >= 15 is 0 Å². The highest BCUT2D eigenvalue weighted by atomic mass is 16.6. The fourth-order valence-electron chi connectivity index (χ4n) is 0.898. The van der Waals surface area contributed by atoms with Crippen LogP contribution in [0.2, 0.25) is 0 Å². The Morgan fingerprint density at radius 3 is 1.72 bits per heavy atom. The Morgan fingerprint density at radius 1 is 0.944 bits per heavy atom.